The van der Waals surface area contributed by atoms with E-state index in [9.17, 15) is 0 Å². The van der Waals surface area contributed by atoms with Gasteiger partial charge in [0.25, 0.3) is 0 Å². The van der Waals surface area contributed by atoms with Crippen molar-refractivity contribution in [3.05, 3.63) is 35.5 Å². The lowest BCUT2D eigenvalue weighted by Crippen LogP contribution is -2.68. The molecule has 0 amide bonds. The molecule has 44 heavy (non-hydrogen) atoms. The molecule has 4 unspecified atom stereocenters. The van der Waals surface area contributed by atoms with Crippen LogP contribution >= 0.6 is 11.6 Å². The zero-order chi connectivity index (χ0) is 32.1. The highest BCUT2D eigenvalue weighted by molar-refractivity contribution is 6.76. The fourth-order valence-electron chi connectivity index (χ4n) is 4.71. The lowest BCUT2D eigenvalue weighted by molar-refractivity contribution is -0.251. The molecule has 0 saturated carbocycles. The van der Waals surface area contributed by atoms with Crippen molar-refractivity contribution in [2.75, 3.05) is 26.6 Å². The molecule has 10 nitrogen and oxygen atoms in total. The lowest BCUT2D eigenvalue weighted by atomic mass is 10.00. The Morgan fingerprint density at radius 1 is 1.16 bits per heavy atom. The van der Waals surface area contributed by atoms with E-state index < -0.39 is 16.4 Å². The summed E-state index contributed by atoms with van der Waals surface area (Å²) in [5.74, 6) is 1.11. The predicted molar refractivity (Wildman–Crippen MR) is 179 cm³/mol. The molecule has 3 aliphatic rings. The van der Waals surface area contributed by atoms with Gasteiger partial charge in [-0.15, -0.1) is 0 Å². The van der Waals surface area contributed by atoms with Gasteiger partial charge in [0.05, 0.1) is 18.4 Å². The average molecular weight is 669 g/mol. The van der Waals surface area contributed by atoms with Crippen molar-refractivity contribution >= 4 is 33.3 Å². The highest BCUT2D eigenvalue weighted by Gasteiger charge is 2.51. The number of likely N-dealkylation sites (tertiary alicyclic amines) is 1. The summed E-state index contributed by atoms with van der Waals surface area (Å²) in [4.78, 5) is 11.0. The van der Waals surface area contributed by atoms with Crippen molar-refractivity contribution in [3.8, 4) is 5.75 Å². The fraction of sp³-hybridized carbons (Fsp3) is 0.742. The Labute approximate surface area is 271 Å². The second-order valence-corrected chi connectivity index (χ2v) is 25.5. The Morgan fingerprint density at radius 3 is 2.61 bits per heavy atom. The molecule has 4 heterocycles. The molecule has 0 aromatic carbocycles. The number of rotatable bonds is 15. The van der Waals surface area contributed by atoms with Crippen LogP contribution in [0.5, 0.6) is 5.75 Å². The van der Waals surface area contributed by atoms with Crippen LogP contribution < -0.4 is 10.1 Å². The standard InChI is InChI=1S/C31H53ClN4O6Si2/c1-22(19-40-44(8,9)31(2,3)4)41-24-16-23(17-33-18-24)20-39-28-26-27(34-30(32)35-28)36(21-37-14-15-43(5,6)7)29(26)42-25-12-10-11-13-38-25/h16-18,22,25,27,29H,10-15,19-21H2,1-9H3,(H,34,35). The van der Waals surface area contributed by atoms with Gasteiger partial charge >= 0.3 is 0 Å². The molecule has 2 saturated heterocycles. The largest absolute Gasteiger partial charge is 0.487 e. The maximum absolute atomic E-state index is 6.46. The van der Waals surface area contributed by atoms with E-state index in [0.29, 0.717) is 38.2 Å². The number of hydrogen-bond donors (Lipinski definition) is 1. The molecule has 0 bridgehead atoms. The zero-order valence-electron chi connectivity index (χ0n) is 28.1. The minimum absolute atomic E-state index is 0.116. The number of amidine groups is 1. The summed E-state index contributed by atoms with van der Waals surface area (Å²) >= 11 is 6.44. The summed E-state index contributed by atoms with van der Waals surface area (Å²) in [5, 5.41) is 3.66. The number of pyridine rings is 1. The van der Waals surface area contributed by atoms with E-state index in [-0.39, 0.29) is 41.7 Å². The van der Waals surface area contributed by atoms with Gasteiger partial charge < -0.3 is 33.4 Å². The molecule has 0 spiro atoms. The van der Waals surface area contributed by atoms with Crippen LogP contribution in [0.25, 0.3) is 0 Å². The van der Waals surface area contributed by atoms with Crippen molar-refractivity contribution in [2.24, 2.45) is 4.99 Å². The van der Waals surface area contributed by atoms with Crippen LogP contribution in [0, 0.1) is 0 Å². The first kappa shape index (κ1) is 35.3. The van der Waals surface area contributed by atoms with Crippen molar-refractivity contribution in [1.29, 1.82) is 0 Å². The normalized spacial score (nSPS) is 23.8. The number of aromatic nitrogens is 1. The highest BCUT2D eigenvalue weighted by Crippen LogP contribution is 2.39. The van der Waals surface area contributed by atoms with Crippen LogP contribution in [0.2, 0.25) is 43.8 Å². The molecule has 13 heteroatoms. The van der Waals surface area contributed by atoms with Gasteiger partial charge in [0.15, 0.2) is 14.6 Å². The van der Waals surface area contributed by atoms with E-state index in [2.05, 4.69) is 73.7 Å². The predicted octanol–water partition coefficient (Wildman–Crippen LogP) is 6.62. The molecule has 1 N–H and O–H groups in total. The Kier molecular flexibility index (Phi) is 12.0. The Hall–Kier alpha value is -1.52. The first-order valence-corrected chi connectivity index (χ1v) is 22.8. The van der Waals surface area contributed by atoms with Crippen molar-refractivity contribution in [1.82, 2.24) is 15.2 Å². The van der Waals surface area contributed by atoms with Crippen LogP contribution in [0.1, 0.15) is 52.5 Å². The lowest BCUT2D eigenvalue weighted by Gasteiger charge is -2.51. The molecule has 248 valence electrons. The quantitative estimate of drug-likeness (QED) is 0.126. The van der Waals surface area contributed by atoms with E-state index in [4.69, 9.17) is 39.7 Å². The van der Waals surface area contributed by atoms with E-state index in [0.717, 1.165) is 36.4 Å². The Morgan fingerprint density at radius 2 is 1.93 bits per heavy atom. The Balaban J connectivity index is 1.41. The minimum Gasteiger partial charge on any atom is -0.487 e. The number of ether oxygens (including phenoxy) is 5. The van der Waals surface area contributed by atoms with Crippen molar-refractivity contribution in [3.63, 3.8) is 0 Å². The zero-order valence-corrected chi connectivity index (χ0v) is 30.8. The summed E-state index contributed by atoms with van der Waals surface area (Å²) in [7, 11) is -3.06. The van der Waals surface area contributed by atoms with Gasteiger partial charge in [0.2, 0.25) is 11.2 Å². The molecular formula is C31H53ClN4O6Si2. The summed E-state index contributed by atoms with van der Waals surface area (Å²) in [6.07, 6.45) is 5.43. The van der Waals surface area contributed by atoms with E-state index in [1.807, 2.05) is 13.0 Å². The SMILES string of the molecule is CC(CO[Si](C)(C)C(C)(C)C)Oc1cncc(COC2=C3C(NC(Cl)=N2)N(COCC[Si](C)(C)C)C3OC2CCCCO2)c1. The molecule has 0 aliphatic carbocycles. The average Bonchev–Trinajstić information content (AvgIpc) is 2.93. The number of nitrogens with zero attached hydrogens (tertiary/aromatic N) is 3. The van der Waals surface area contributed by atoms with Crippen LogP contribution in [0.3, 0.4) is 0 Å². The first-order chi connectivity index (χ1) is 20.6. The molecule has 1 aromatic heterocycles. The van der Waals surface area contributed by atoms with Crippen LogP contribution in [-0.4, -0.2) is 82.9 Å². The van der Waals surface area contributed by atoms with Crippen LogP contribution in [0.4, 0.5) is 0 Å². The molecule has 2 fully saturated rings. The fourth-order valence-corrected chi connectivity index (χ4v) is 6.74. The highest BCUT2D eigenvalue weighted by atomic mass is 35.5. The maximum atomic E-state index is 6.46. The second kappa shape index (κ2) is 14.9. The number of halogens is 1. The molecular weight excluding hydrogens is 616 g/mol. The molecule has 4 rings (SSSR count). The van der Waals surface area contributed by atoms with E-state index in [1.165, 1.54) is 0 Å². The maximum Gasteiger partial charge on any atom is 0.223 e. The summed E-state index contributed by atoms with van der Waals surface area (Å²) in [5.41, 5.74) is 1.74. The number of hydrogen-bond acceptors (Lipinski definition) is 10. The molecule has 4 atom stereocenters. The van der Waals surface area contributed by atoms with Gasteiger partial charge in [0.1, 0.15) is 37.6 Å². The van der Waals surface area contributed by atoms with Gasteiger partial charge in [-0.1, -0.05) is 40.4 Å². The van der Waals surface area contributed by atoms with Gasteiger partial charge in [-0.05, 0) is 68.0 Å². The monoisotopic (exact) mass is 668 g/mol. The third-order valence-corrected chi connectivity index (χ3v) is 14.9. The number of nitrogens with one attached hydrogen (secondary N) is 1. The first-order valence-electron chi connectivity index (χ1n) is 15.9. The van der Waals surface area contributed by atoms with Gasteiger partial charge in [-0.3, -0.25) is 4.98 Å². The topological polar surface area (TPSA) is 95.9 Å². The van der Waals surface area contributed by atoms with Gasteiger partial charge in [0, 0.05) is 33.0 Å². The number of aliphatic imine (C=N–C) groups is 1. The third-order valence-electron chi connectivity index (χ3n) is 8.52. The van der Waals surface area contributed by atoms with Crippen molar-refractivity contribution < 1.29 is 28.1 Å². The van der Waals surface area contributed by atoms with Gasteiger partial charge in [-0.25, -0.2) is 4.90 Å². The molecule has 3 aliphatic heterocycles. The molecule has 0 radical (unpaired) electrons. The number of fused-ring (bicyclic) bond motifs is 1. The van der Waals surface area contributed by atoms with Gasteiger partial charge in [-0.2, -0.15) is 4.99 Å². The smallest absolute Gasteiger partial charge is 0.223 e. The summed E-state index contributed by atoms with van der Waals surface area (Å²) in [6.45, 7) is 22.8. The summed E-state index contributed by atoms with van der Waals surface area (Å²) in [6, 6.07) is 3.03. The van der Waals surface area contributed by atoms with E-state index in [1.54, 1.807) is 12.4 Å². The van der Waals surface area contributed by atoms with Crippen LogP contribution in [0.15, 0.2) is 34.9 Å². The minimum atomic E-state index is -1.86. The Bertz CT molecular complexity index is 1170. The summed E-state index contributed by atoms with van der Waals surface area (Å²) < 4.78 is 37.2. The van der Waals surface area contributed by atoms with Crippen LogP contribution in [-0.2, 0) is 30.0 Å². The second-order valence-electron chi connectivity index (χ2n) is 14.7. The molecule has 1 aromatic rings. The third kappa shape index (κ3) is 9.74. The van der Waals surface area contributed by atoms with Crippen molar-refractivity contribution in [2.45, 2.75) is 122 Å². The van der Waals surface area contributed by atoms with E-state index >= 15 is 0 Å².